The van der Waals surface area contributed by atoms with Crippen LogP contribution in [0.3, 0.4) is 0 Å². The molecule has 2 atom stereocenters. The number of thioether (sulfide) groups is 1. The molecule has 0 spiro atoms. The van der Waals surface area contributed by atoms with Crippen molar-refractivity contribution in [2.24, 2.45) is 0 Å². The van der Waals surface area contributed by atoms with Crippen molar-refractivity contribution in [3.8, 4) is 0 Å². The molecule has 0 amide bonds. The van der Waals surface area contributed by atoms with Crippen molar-refractivity contribution in [3.63, 3.8) is 0 Å². The van der Waals surface area contributed by atoms with Crippen molar-refractivity contribution in [1.29, 1.82) is 0 Å². The Labute approximate surface area is 102 Å². The average molecular weight is 243 g/mol. The van der Waals surface area contributed by atoms with Crippen LogP contribution in [-0.2, 0) is 4.79 Å². The number of aliphatic carboxylic acids is 1. The molecule has 0 aromatic carbocycles. The molecule has 0 saturated heterocycles. The summed E-state index contributed by atoms with van der Waals surface area (Å²) in [6.07, 6.45) is 8.26. The summed E-state index contributed by atoms with van der Waals surface area (Å²) in [5, 5.41) is 13.0. The molecule has 0 aromatic heterocycles. The van der Waals surface area contributed by atoms with Gasteiger partial charge in [0.05, 0.1) is 0 Å². The molecule has 3 nitrogen and oxygen atoms in total. The highest BCUT2D eigenvalue weighted by Gasteiger charge is 2.22. The summed E-state index contributed by atoms with van der Waals surface area (Å²) in [6, 6.07) is 0.570. The Kier molecular flexibility index (Phi) is 5.91. The van der Waals surface area contributed by atoms with Crippen molar-refractivity contribution in [3.05, 3.63) is 11.6 Å². The minimum Gasteiger partial charge on any atom is -0.478 e. The zero-order valence-corrected chi connectivity index (χ0v) is 10.8. The molecular weight excluding hydrogens is 222 g/mol. The minimum absolute atomic E-state index is 0.506. The van der Waals surface area contributed by atoms with Gasteiger partial charge in [-0.2, -0.15) is 11.8 Å². The average Bonchev–Trinajstić information content (AvgIpc) is 2.71. The lowest BCUT2D eigenvalue weighted by Gasteiger charge is -2.11. The van der Waals surface area contributed by atoms with Gasteiger partial charge >= 0.3 is 5.97 Å². The highest BCUT2D eigenvalue weighted by atomic mass is 32.2. The van der Waals surface area contributed by atoms with E-state index in [9.17, 15) is 4.79 Å². The molecule has 92 valence electrons. The molecule has 0 radical (unpaired) electrons. The van der Waals surface area contributed by atoms with Gasteiger partial charge in [-0.15, -0.1) is 0 Å². The summed E-state index contributed by atoms with van der Waals surface area (Å²) in [5.74, 6) is -0.794. The third kappa shape index (κ3) is 4.18. The molecular formula is C12H21NO2S. The lowest BCUT2D eigenvalue weighted by atomic mass is 10.2. The van der Waals surface area contributed by atoms with Crippen molar-refractivity contribution < 1.29 is 9.90 Å². The monoisotopic (exact) mass is 243 g/mol. The Balaban J connectivity index is 2.27. The number of hydrogen-bond acceptors (Lipinski definition) is 3. The SMILES string of the molecule is CCC(=CCNC1CCC(SC)C1)C(=O)O. The maximum absolute atomic E-state index is 10.8. The first-order valence-corrected chi connectivity index (χ1v) is 7.14. The van der Waals surface area contributed by atoms with Gasteiger partial charge in [-0.05, 0) is 31.9 Å². The molecule has 1 aliphatic carbocycles. The van der Waals surface area contributed by atoms with Crippen molar-refractivity contribution in [2.45, 2.75) is 43.9 Å². The molecule has 0 heterocycles. The molecule has 2 unspecified atom stereocenters. The maximum Gasteiger partial charge on any atom is 0.331 e. The topological polar surface area (TPSA) is 49.3 Å². The van der Waals surface area contributed by atoms with Gasteiger partial charge in [0.1, 0.15) is 0 Å². The fourth-order valence-corrected chi connectivity index (χ4v) is 2.87. The van der Waals surface area contributed by atoms with Gasteiger partial charge in [-0.1, -0.05) is 13.0 Å². The van der Waals surface area contributed by atoms with Crippen LogP contribution in [0.5, 0.6) is 0 Å². The normalized spacial score (nSPS) is 26.0. The Morgan fingerprint density at radius 3 is 2.81 bits per heavy atom. The molecule has 1 saturated carbocycles. The van der Waals surface area contributed by atoms with E-state index >= 15 is 0 Å². The van der Waals surface area contributed by atoms with Crippen LogP contribution in [0.1, 0.15) is 32.6 Å². The van der Waals surface area contributed by atoms with E-state index < -0.39 is 5.97 Å². The molecule has 0 aliphatic heterocycles. The second-order valence-corrected chi connectivity index (χ2v) is 5.30. The zero-order valence-electron chi connectivity index (χ0n) is 10.0. The quantitative estimate of drug-likeness (QED) is 0.703. The summed E-state index contributed by atoms with van der Waals surface area (Å²) in [5.41, 5.74) is 0.506. The Morgan fingerprint density at radius 1 is 1.56 bits per heavy atom. The van der Waals surface area contributed by atoms with Crippen LogP contribution >= 0.6 is 11.8 Å². The van der Waals surface area contributed by atoms with Gasteiger partial charge < -0.3 is 10.4 Å². The van der Waals surface area contributed by atoms with E-state index in [0.29, 0.717) is 24.6 Å². The number of rotatable bonds is 6. The second kappa shape index (κ2) is 6.97. The van der Waals surface area contributed by atoms with Crippen LogP contribution in [0.4, 0.5) is 0 Å². The van der Waals surface area contributed by atoms with E-state index in [2.05, 4.69) is 11.6 Å². The lowest BCUT2D eigenvalue weighted by molar-refractivity contribution is -0.132. The molecule has 1 aliphatic rings. The van der Waals surface area contributed by atoms with E-state index in [1.807, 2.05) is 18.7 Å². The van der Waals surface area contributed by atoms with E-state index in [4.69, 9.17) is 5.11 Å². The highest BCUT2D eigenvalue weighted by Crippen LogP contribution is 2.27. The van der Waals surface area contributed by atoms with Gasteiger partial charge in [0.15, 0.2) is 0 Å². The first-order valence-electron chi connectivity index (χ1n) is 5.85. The molecule has 2 N–H and O–H groups in total. The predicted molar refractivity (Wildman–Crippen MR) is 69.0 cm³/mol. The molecule has 1 rings (SSSR count). The molecule has 1 fully saturated rings. The highest BCUT2D eigenvalue weighted by molar-refractivity contribution is 7.99. The number of nitrogens with one attached hydrogen (secondary N) is 1. The zero-order chi connectivity index (χ0) is 12.0. The van der Waals surface area contributed by atoms with E-state index in [0.717, 1.165) is 5.25 Å². The van der Waals surface area contributed by atoms with Gasteiger partial charge in [0, 0.05) is 23.4 Å². The molecule has 0 bridgehead atoms. The van der Waals surface area contributed by atoms with E-state index in [1.165, 1.54) is 19.3 Å². The summed E-state index contributed by atoms with van der Waals surface area (Å²) in [7, 11) is 0. The standard InChI is InChI=1S/C12H21NO2S/c1-3-9(12(14)15)6-7-13-10-4-5-11(8-10)16-2/h6,10-11,13H,3-5,7-8H2,1-2H3,(H,14,15). The molecule has 0 aromatic rings. The summed E-state index contributed by atoms with van der Waals surface area (Å²) in [4.78, 5) is 10.8. The number of carboxylic acid groups (broad SMARTS) is 1. The van der Waals surface area contributed by atoms with Crippen LogP contribution < -0.4 is 5.32 Å². The van der Waals surface area contributed by atoms with Crippen LogP contribution in [0, 0.1) is 0 Å². The van der Waals surface area contributed by atoms with E-state index in [1.54, 1.807) is 6.08 Å². The molecule has 16 heavy (non-hydrogen) atoms. The summed E-state index contributed by atoms with van der Waals surface area (Å²) < 4.78 is 0. The minimum atomic E-state index is -0.794. The largest absolute Gasteiger partial charge is 0.478 e. The molecule has 4 heteroatoms. The Bertz CT molecular complexity index is 266. The van der Waals surface area contributed by atoms with Crippen LogP contribution in [0.15, 0.2) is 11.6 Å². The van der Waals surface area contributed by atoms with Gasteiger partial charge in [-0.3, -0.25) is 0 Å². The van der Waals surface area contributed by atoms with Gasteiger partial charge in [0.25, 0.3) is 0 Å². The van der Waals surface area contributed by atoms with Crippen molar-refractivity contribution in [1.82, 2.24) is 5.32 Å². The van der Waals surface area contributed by atoms with Gasteiger partial charge in [0.2, 0.25) is 0 Å². The summed E-state index contributed by atoms with van der Waals surface area (Å²) in [6.45, 7) is 2.56. The lowest BCUT2D eigenvalue weighted by Crippen LogP contribution is -2.27. The first-order chi connectivity index (χ1) is 7.67. The third-order valence-electron chi connectivity index (χ3n) is 3.13. The summed E-state index contributed by atoms with van der Waals surface area (Å²) >= 11 is 1.94. The van der Waals surface area contributed by atoms with E-state index in [-0.39, 0.29) is 0 Å². The fraction of sp³-hybridized carbons (Fsp3) is 0.750. The fourth-order valence-electron chi connectivity index (χ4n) is 2.07. The third-order valence-corrected chi connectivity index (χ3v) is 4.22. The Hall–Kier alpha value is -0.480. The predicted octanol–water partition coefficient (Wildman–Crippen LogP) is 2.28. The van der Waals surface area contributed by atoms with Crippen molar-refractivity contribution in [2.75, 3.05) is 12.8 Å². The van der Waals surface area contributed by atoms with Gasteiger partial charge in [-0.25, -0.2) is 4.79 Å². The Morgan fingerprint density at radius 2 is 2.31 bits per heavy atom. The number of hydrogen-bond donors (Lipinski definition) is 2. The smallest absolute Gasteiger partial charge is 0.331 e. The second-order valence-electron chi connectivity index (χ2n) is 4.16. The van der Waals surface area contributed by atoms with Crippen LogP contribution in [0.2, 0.25) is 0 Å². The maximum atomic E-state index is 10.8. The number of carbonyl (C=O) groups is 1. The number of carboxylic acids is 1. The van der Waals surface area contributed by atoms with Crippen LogP contribution in [-0.4, -0.2) is 35.2 Å². The first kappa shape index (κ1) is 13.6. The van der Waals surface area contributed by atoms with Crippen molar-refractivity contribution >= 4 is 17.7 Å². The van der Waals surface area contributed by atoms with Crippen LogP contribution in [0.25, 0.3) is 0 Å².